The van der Waals surface area contributed by atoms with Gasteiger partial charge in [-0.1, -0.05) is 19.8 Å². The van der Waals surface area contributed by atoms with Crippen LogP contribution in [0.2, 0.25) is 0 Å². The van der Waals surface area contributed by atoms with Gasteiger partial charge in [0, 0.05) is 31.5 Å². The number of aromatic nitrogens is 1. The molecule has 0 bridgehead atoms. The number of hydrogen-bond donors (Lipinski definition) is 1. The molecule has 1 aliphatic carbocycles. The smallest absolute Gasteiger partial charge is 0.0564 e. The largest absolute Gasteiger partial charge is 0.388 e. The standard InChI is InChI=1S/C15H25N3/c1-12-5-4-6-15(9-12)18(3)11-14-10-13(16-2)7-8-17-14/h7-8,10,12,15H,4-6,9,11H2,1-3H3,(H,16,17). The highest BCUT2D eigenvalue weighted by Crippen LogP contribution is 2.27. The van der Waals surface area contributed by atoms with Crippen molar-refractivity contribution < 1.29 is 0 Å². The summed E-state index contributed by atoms with van der Waals surface area (Å²) in [5.74, 6) is 0.878. The van der Waals surface area contributed by atoms with E-state index in [2.05, 4.69) is 35.2 Å². The molecule has 3 nitrogen and oxygen atoms in total. The fraction of sp³-hybridized carbons (Fsp3) is 0.667. The van der Waals surface area contributed by atoms with Gasteiger partial charge in [-0.2, -0.15) is 0 Å². The van der Waals surface area contributed by atoms with Gasteiger partial charge in [0.15, 0.2) is 0 Å². The molecule has 0 saturated heterocycles. The first kappa shape index (κ1) is 13.3. The molecule has 18 heavy (non-hydrogen) atoms. The van der Waals surface area contributed by atoms with Gasteiger partial charge < -0.3 is 5.32 Å². The summed E-state index contributed by atoms with van der Waals surface area (Å²) >= 11 is 0. The van der Waals surface area contributed by atoms with Crippen molar-refractivity contribution in [1.82, 2.24) is 9.88 Å². The normalized spacial score (nSPS) is 24.2. The molecule has 0 amide bonds. The third-order valence-corrected chi connectivity index (χ3v) is 4.05. The molecule has 0 aliphatic heterocycles. The van der Waals surface area contributed by atoms with Crippen molar-refractivity contribution in [3.05, 3.63) is 24.0 Å². The van der Waals surface area contributed by atoms with Crippen LogP contribution < -0.4 is 5.32 Å². The number of nitrogens with one attached hydrogen (secondary N) is 1. The second-order valence-electron chi connectivity index (χ2n) is 5.63. The lowest BCUT2D eigenvalue weighted by molar-refractivity contribution is 0.156. The maximum Gasteiger partial charge on any atom is 0.0564 e. The molecule has 1 N–H and O–H groups in total. The summed E-state index contributed by atoms with van der Waals surface area (Å²) < 4.78 is 0. The quantitative estimate of drug-likeness (QED) is 0.886. The first-order valence-corrected chi connectivity index (χ1v) is 7.02. The second kappa shape index (κ2) is 6.19. The molecule has 3 heteroatoms. The van der Waals surface area contributed by atoms with E-state index < -0.39 is 0 Å². The van der Waals surface area contributed by atoms with Crippen LogP contribution in [-0.4, -0.2) is 30.0 Å². The Morgan fingerprint density at radius 2 is 2.28 bits per heavy atom. The summed E-state index contributed by atoms with van der Waals surface area (Å²) in [6.45, 7) is 3.33. The number of rotatable bonds is 4. The maximum absolute atomic E-state index is 4.46. The minimum atomic E-state index is 0.730. The van der Waals surface area contributed by atoms with Crippen molar-refractivity contribution in [2.24, 2.45) is 5.92 Å². The lowest BCUT2D eigenvalue weighted by atomic mass is 9.86. The van der Waals surface area contributed by atoms with Crippen molar-refractivity contribution in [2.45, 2.75) is 45.2 Å². The molecule has 1 aromatic rings. The van der Waals surface area contributed by atoms with Crippen LogP contribution in [0.3, 0.4) is 0 Å². The van der Waals surface area contributed by atoms with Crippen molar-refractivity contribution in [3.8, 4) is 0 Å². The molecule has 0 spiro atoms. The van der Waals surface area contributed by atoms with Crippen molar-refractivity contribution in [1.29, 1.82) is 0 Å². The Labute approximate surface area is 111 Å². The predicted octanol–water partition coefficient (Wildman–Crippen LogP) is 3.13. The molecule has 1 heterocycles. The minimum absolute atomic E-state index is 0.730. The summed E-state index contributed by atoms with van der Waals surface area (Å²) in [5, 5.41) is 3.17. The highest BCUT2D eigenvalue weighted by molar-refractivity contribution is 5.42. The molecule has 100 valence electrons. The van der Waals surface area contributed by atoms with Crippen LogP contribution in [0.25, 0.3) is 0 Å². The Morgan fingerprint density at radius 1 is 1.44 bits per heavy atom. The zero-order valence-electron chi connectivity index (χ0n) is 11.8. The molecule has 0 radical (unpaired) electrons. The van der Waals surface area contributed by atoms with Gasteiger partial charge in [-0.25, -0.2) is 0 Å². The zero-order valence-corrected chi connectivity index (χ0v) is 11.8. The molecule has 1 aliphatic rings. The zero-order chi connectivity index (χ0) is 13.0. The number of nitrogens with zero attached hydrogens (tertiary/aromatic N) is 2. The SMILES string of the molecule is CNc1ccnc(CN(C)C2CCCC(C)C2)c1. The summed E-state index contributed by atoms with van der Waals surface area (Å²) in [4.78, 5) is 6.93. The molecule has 2 unspecified atom stereocenters. The van der Waals surface area contributed by atoms with E-state index in [0.29, 0.717) is 0 Å². The predicted molar refractivity (Wildman–Crippen MR) is 76.7 cm³/mol. The molecular formula is C15H25N3. The van der Waals surface area contributed by atoms with E-state index >= 15 is 0 Å². The Bertz CT molecular complexity index is 378. The second-order valence-corrected chi connectivity index (χ2v) is 5.63. The Morgan fingerprint density at radius 3 is 3.00 bits per heavy atom. The third kappa shape index (κ3) is 3.45. The summed E-state index contributed by atoms with van der Waals surface area (Å²) in [7, 11) is 4.18. The number of pyridine rings is 1. The van der Waals surface area contributed by atoms with E-state index in [-0.39, 0.29) is 0 Å². The van der Waals surface area contributed by atoms with E-state index in [1.54, 1.807) is 0 Å². The van der Waals surface area contributed by atoms with E-state index in [4.69, 9.17) is 0 Å². The van der Waals surface area contributed by atoms with Gasteiger partial charge in [0.1, 0.15) is 0 Å². The van der Waals surface area contributed by atoms with E-state index in [1.807, 2.05) is 19.3 Å². The lowest BCUT2D eigenvalue weighted by Crippen LogP contribution is -2.35. The van der Waals surface area contributed by atoms with Crippen LogP contribution >= 0.6 is 0 Å². The van der Waals surface area contributed by atoms with Gasteiger partial charge >= 0.3 is 0 Å². The average Bonchev–Trinajstić information content (AvgIpc) is 2.39. The molecule has 2 atom stereocenters. The van der Waals surface area contributed by atoms with Gasteiger partial charge in [-0.05, 0) is 37.9 Å². The number of hydrogen-bond acceptors (Lipinski definition) is 3. The Kier molecular flexibility index (Phi) is 4.59. The molecule has 0 aromatic carbocycles. The van der Waals surface area contributed by atoms with E-state index in [9.17, 15) is 0 Å². The summed E-state index contributed by atoms with van der Waals surface area (Å²) in [6.07, 6.45) is 7.34. The van der Waals surface area contributed by atoms with Gasteiger partial charge in [-0.15, -0.1) is 0 Å². The van der Waals surface area contributed by atoms with Gasteiger partial charge in [0.25, 0.3) is 0 Å². The molecule has 1 saturated carbocycles. The number of anilines is 1. The first-order valence-electron chi connectivity index (χ1n) is 7.02. The topological polar surface area (TPSA) is 28.2 Å². The van der Waals surface area contributed by atoms with Crippen LogP contribution in [0, 0.1) is 5.92 Å². The fourth-order valence-electron chi connectivity index (χ4n) is 2.91. The van der Waals surface area contributed by atoms with E-state index in [1.165, 1.54) is 25.7 Å². The van der Waals surface area contributed by atoms with Gasteiger partial charge in [0.05, 0.1) is 5.69 Å². The van der Waals surface area contributed by atoms with Gasteiger partial charge in [0.2, 0.25) is 0 Å². The minimum Gasteiger partial charge on any atom is -0.388 e. The molecule has 1 fully saturated rings. The van der Waals surface area contributed by atoms with Crippen molar-refractivity contribution in [3.63, 3.8) is 0 Å². The Balaban J connectivity index is 1.95. The highest BCUT2D eigenvalue weighted by atomic mass is 15.1. The molecular weight excluding hydrogens is 222 g/mol. The molecule has 2 rings (SSSR count). The Hall–Kier alpha value is -1.09. The third-order valence-electron chi connectivity index (χ3n) is 4.05. The summed E-state index contributed by atoms with van der Waals surface area (Å²) in [5.41, 5.74) is 2.30. The van der Waals surface area contributed by atoms with E-state index in [0.717, 1.165) is 29.9 Å². The molecule has 1 aromatic heterocycles. The lowest BCUT2D eigenvalue weighted by Gasteiger charge is -2.34. The van der Waals surface area contributed by atoms with Gasteiger partial charge in [-0.3, -0.25) is 9.88 Å². The van der Waals surface area contributed by atoms with Crippen LogP contribution in [0.15, 0.2) is 18.3 Å². The maximum atomic E-state index is 4.46. The average molecular weight is 247 g/mol. The fourth-order valence-corrected chi connectivity index (χ4v) is 2.91. The highest BCUT2D eigenvalue weighted by Gasteiger charge is 2.22. The van der Waals surface area contributed by atoms with Crippen molar-refractivity contribution in [2.75, 3.05) is 19.4 Å². The van der Waals surface area contributed by atoms with Crippen molar-refractivity contribution >= 4 is 5.69 Å². The monoisotopic (exact) mass is 247 g/mol. The van der Waals surface area contributed by atoms with Crippen LogP contribution in [-0.2, 0) is 6.54 Å². The van der Waals surface area contributed by atoms with Crippen LogP contribution in [0.4, 0.5) is 5.69 Å². The van der Waals surface area contributed by atoms with Crippen LogP contribution in [0.1, 0.15) is 38.3 Å². The first-order chi connectivity index (χ1) is 8.69. The summed E-state index contributed by atoms with van der Waals surface area (Å²) in [6, 6.07) is 4.88. The van der Waals surface area contributed by atoms with Crippen LogP contribution in [0.5, 0.6) is 0 Å².